The Hall–Kier alpha value is -3.77. The summed E-state index contributed by atoms with van der Waals surface area (Å²) in [4.78, 5) is 26.9. The number of nitrogens with zero attached hydrogens (tertiary/aromatic N) is 2. The third-order valence-corrected chi connectivity index (χ3v) is 7.61. The van der Waals surface area contributed by atoms with Crippen LogP contribution in [0.25, 0.3) is 6.08 Å². The minimum absolute atomic E-state index is 0.0995. The first kappa shape index (κ1) is 23.4. The zero-order chi connectivity index (χ0) is 24.5. The molecule has 2 aliphatic heterocycles. The van der Waals surface area contributed by atoms with Crippen molar-refractivity contribution in [2.45, 2.75) is 26.0 Å². The molecule has 0 spiro atoms. The summed E-state index contributed by atoms with van der Waals surface area (Å²) in [5, 5.41) is 9.52. The predicted octanol–water partition coefficient (Wildman–Crippen LogP) is 3.18. The fraction of sp³-hybridized carbons (Fsp3) is 0.240. The van der Waals surface area contributed by atoms with Crippen LogP contribution >= 0.6 is 0 Å². The van der Waals surface area contributed by atoms with Crippen molar-refractivity contribution in [3.8, 4) is 11.8 Å². The van der Waals surface area contributed by atoms with Gasteiger partial charge < -0.3 is 4.74 Å². The summed E-state index contributed by atoms with van der Waals surface area (Å²) < 4.78 is 42.5. The summed E-state index contributed by atoms with van der Waals surface area (Å²) >= 11 is 0. The number of nitriles is 1. The quantitative estimate of drug-likeness (QED) is 0.481. The van der Waals surface area contributed by atoms with Crippen LogP contribution in [-0.2, 0) is 26.0 Å². The van der Waals surface area contributed by atoms with Crippen LogP contribution in [0, 0.1) is 17.1 Å². The van der Waals surface area contributed by atoms with Gasteiger partial charge in [-0.15, -0.1) is 0 Å². The van der Waals surface area contributed by atoms with E-state index in [-0.39, 0.29) is 47.1 Å². The van der Waals surface area contributed by atoms with Gasteiger partial charge in [-0.2, -0.15) is 5.26 Å². The van der Waals surface area contributed by atoms with Crippen LogP contribution in [0.5, 0.6) is 5.75 Å². The predicted molar refractivity (Wildman–Crippen MR) is 122 cm³/mol. The number of carbonyl (C=O) groups excluding carboxylic acids is 2. The number of halogens is 1. The molecular weight excluding hydrogens is 459 g/mol. The zero-order valence-corrected chi connectivity index (χ0v) is 19.1. The number of rotatable bonds is 5. The first-order valence-corrected chi connectivity index (χ1v) is 12.4. The highest BCUT2D eigenvalue weighted by Gasteiger charge is 2.43. The van der Waals surface area contributed by atoms with Gasteiger partial charge in [0.25, 0.3) is 11.8 Å². The van der Waals surface area contributed by atoms with Gasteiger partial charge in [-0.05, 0) is 60.4 Å². The molecule has 2 aliphatic rings. The minimum atomic E-state index is -3.34. The van der Waals surface area contributed by atoms with E-state index >= 15 is 0 Å². The van der Waals surface area contributed by atoms with Gasteiger partial charge in [0.05, 0.1) is 17.5 Å². The molecule has 2 heterocycles. The molecule has 0 N–H and O–H groups in total. The topological polar surface area (TPSA) is 105 Å². The number of ether oxygens (including phenoxy) is 1. The van der Waals surface area contributed by atoms with Crippen LogP contribution < -0.4 is 4.74 Å². The smallest absolute Gasteiger partial charge is 0.271 e. The molecule has 2 aromatic carbocycles. The van der Waals surface area contributed by atoms with Gasteiger partial charge in [-0.25, -0.2) is 12.8 Å². The number of amides is 2. The normalized spacial score (nSPS) is 21.1. The SMILES string of the molecule is CC1=C(C#N)C(=O)N([C@@H]2CCS(=O)(=O)C2)C(=O)/C1=C/c1ccc(OCc2ccc(F)cc2)cc1. The molecule has 1 saturated heterocycles. The summed E-state index contributed by atoms with van der Waals surface area (Å²) in [6, 6.07) is 13.9. The summed E-state index contributed by atoms with van der Waals surface area (Å²) in [7, 11) is -3.34. The molecule has 4 rings (SSSR count). The van der Waals surface area contributed by atoms with E-state index in [0.717, 1.165) is 10.5 Å². The van der Waals surface area contributed by atoms with E-state index in [9.17, 15) is 27.7 Å². The maximum atomic E-state index is 13.2. The van der Waals surface area contributed by atoms with E-state index in [4.69, 9.17) is 4.74 Å². The van der Waals surface area contributed by atoms with Gasteiger partial charge in [-0.3, -0.25) is 14.5 Å². The Morgan fingerprint density at radius 1 is 1.12 bits per heavy atom. The average molecular weight is 481 g/mol. The molecular formula is C25H21FN2O5S. The molecule has 1 fully saturated rings. The second-order valence-corrected chi connectivity index (χ2v) is 10.4. The number of hydrogen-bond donors (Lipinski definition) is 0. The fourth-order valence-corrected chi connectivity index (χ4v) is 5.68. The van der Waals surface area contributed by atoms with Crippen LogP contribution in [0.4, 0.5) is 4.39 Å². The Morgan fingerprint density at radius 2 is 1.79 bits per heavy atom. The first-order valence-electron chi connectivity index (χ1n) is 10.6. The average Bonchev–Trinajstić information content (AvgIpc) is 3.16. The van der Waals surface area contributed by atoms with Crippen molar-refractivity contribution in [3.05, 3.63) is 82.2 Å². The number of hydrogen-bond acceptors (Lipinski definition) is 6. The van der Waals surface area contributed by atoms with E-state index in [0.29, 0.717) is 11.3 Å². The van der Waals surface area contributed by atoms with Crippen molar-refractivity contribution in [2.24, 2.45) is 0 Å². The second kappa shape index (κ2) is 9.23. The summed E-state index contributed by atoms with van der Waals surface area (Å²) in [5.41, 5.74) is 1.70. The highest BCUT2D eigenvalue weighted by Crippen LogP contribution is 2.31. The summed E-state index contributed by atoms with van der Waals surface area (Å²) in [5.74, 6) is -1.52. The van der Waals surface area contributed by atoms with Crippen molar-refractivity contribution in [3.63, 3.8) is 0 Å². The molecule has 1 atom stereocenters. The highest BCUT2D eigenvalue weighted by atomic mass is 32.2. The molecule has 2 aromatic rings. The molecule has 0 aromatic heterocycles. The molecule has 7 nitrogen and oxygen atoms in total. The van der Waals surface area contributed by atoms with Crippen LogP contribution in [0.1, 0.15) is 24.5 Å². The second-order valence-electron chi connectivity index (χ2n) is 8.19. The number of imide groups is 1. The lowest BCUT2D eigenvalue weighted by molar-refractivity contribution is -0.142. The van der Waals surface area contributed by atoms with E-state index in [1.807, 2.05) is 6.07 Å². The molecule has 9 heteroatoms. The fourth-order valence-electron chi connectivity index (χ4n) is 3.98. The van der Waals surface area contributed by atoms with E-state index in [1.165, 1.54) is 19.1 Å². The molecule has 0 unspecified atom stereocenters. The molecule has 0 radical (unpaired) electrons. The van der Waals surface area contributed by atoms with Gasteiger partial charge in [-0.1, -0.05) is 24.3 Å². The zero-order valence-electron chi connectivity index (χ0n) is 18.3. The van der Waals surface area contributed by atoms with Gasteiger partial charge in [0.1, 0.15) is 29.8 Å². The lowest BCUT2D eigenvalue weighted by Gasteiger charge is -2.31. The molecule has 2 amide bonds. The third-order valence-electron chi connectivity index (χ3n) is 5.86. The van der Waals surface area contributed by atoms with Crippen LogP contribution in [0.3, 0.4) is 0 Å². The van der Waals surface area contributed by atoms with Crippen molar-refractivity contribution >= 4 is 27.7 Å². The lowest BCUT2D eigenvalue weighted by atomic mass is 9.92. The molecule has 0 bridgehead atoms. The van der Waals surface area contributed by atoms with E-state index in [2.05, 4.69) is 0 Å². The largest absolute Gasteiger partial charge is 0.489 e. The third kappa shape index (κ3) is 4.77. The van der Waals surface area contributed by atoms with Crippen LogP contribution in [-0.4, -0.2) is 42.7 Å². The first-order chi connectivity index (χ1) is 16.2. The van der Waals surface area contributed by atoms with Crippen molar-refractivity contribution in [1.29, 1.82) is 5.26 Å². The van der Waals surface area contributed by atoms with E-state index < -0.39 is 27.7 Å². The van der Waals surface area contributed by atoms with Gasteiger partial charge in [0, 0.05) is 5.57 Å². The highest BCUT2D eigenvalue weighted by molar-refractivity contribution is 7.91. The maximum Gasteiger partial charge on any atom is 0.271 e. The van der Waals surface area contributed by atoms with Crippen molar-refractivity contribution in [1.82, 2.24) is 4.90 Å². The van der Waals surface area contributed by atoms with Crippen molar-refractivity contribution in [2.75, 3.05) is 11.5 Å². The number of benzene rings is 2. The number of sulfone groups is 1. The summed E-state index contributed by atoms with van der Waals surface area (Å²) in [6.07, 6.45) is 1.73. The van der Waals surface area contributed by atoms with Gasteiger partial charge in [0.2, 0.25) is 0 Å². The Balaban J connectivity index is 1.57. The minimum Gasteiger partial charge on any atom is -0.489 e. The lowest BCUT2D eigenvalue weighted by Crippen LogP contribution is -2.49. The van der Waals surface area contributed by atoms with Gasteiger partial charge >= 0.3 is 0 Å². The van der Waals surface area contributed by atoms with Crippen molar-refractivity contribution < 1.29 is 27.1 Å². The Labute approximate surface area is 196 Å². The summed E-state index contributed by atoms with van der Waals surface area (Å²) in [6.45, 7) is 1.79. The monoisotopic (exact) mass is 480 g/mol. The molecule has 174 valence electrons. The van der Waals surface area contributed by atoms with Crippen LogP contribution in [0.15, 0.2) is 65.3 Å². The standard InChI is InChI=1S/C25H21FN2O5S/c1-16-22(24(29)28(25(30)23(16)13-27)20-10-11-34(31,32)15-20)12-17-4-8-21(9-5-17)33-14-18-2-6-19(26)7-3-18/h2-9,12,20H,10-11,14-15H2,1H3/b22-12+/t20-/m1/s1. The molecule has 0 aliphatic carbocycles. The number of carbonyl (C=O) groups is 2. The van der Waals surface area contributed by atoms with E-state index in [1.54, 1.807) is 42.5 Å². The van der Waals surface area contributed by atoms with Gasteiger partial charge in [0.15, 0.2) is 9.84 Å². The Bertz CT molecular complexity index is 1350. The molecule has 0 saturated carbocycles. The maximum absolute atomic E-state index is 13.2. The Kier molecular flexibility index (Phi) is 6.35. The Morgan fingerprint density at radius 3 is 2.38 bits per heavy atom. The van der Waals surface area contributed by atoms with Crippen LogP contribution in [0.2, 0.25) is 0 Å². The molecule has 34 heavy (non-hydrogen) atoms.